The second-order valence-electron chi connectivity index (χ2n) is 12.7. The van der Waals surface area contributed by atoms with Crippen LogP contribution in [-0.2, 0) is 0 Å². The van der Waals surface area contributed by atoms with Gasteiger partial charge in [0.1, 0.15) is 0 Å². The maximum atomic E-state index is 15.4. The standard InChI is InChI=1S/C44H30N2O/c47-44-39(28-14-4-1-5-15-28)42-31(24-26-37-40(42)33-20-10-12-22-35(33)45(37)29-16-6-2-7-17-29)32-25-27-38-41(43(32)44)34-21-11-13-23-36(34)46(38)30-18-8-3-9-19-30/h1-27,33,35,39H. The second-order valence-corrected chi connectivity index (χ2v) is 12.7. The van der Waals surface area contributed by atoms with Gasteiger partial charge in [0.25, 0.3) is 0 Å². The van der Waals surface area contributed by atoms with Crippen LogP contribution in [0.25, 0.3) is 38.6 Å². The largest absolute Gasteiger partial charge is 0.333 e. The Bertz CT molecular complexity index is 2440. The minimum atomic E-state index is -0.422. The average molecular weight is 603 g/mol. The Morgan fingerprint density at radius 1 is 0.532 bits per heavy atom. The maximum Gasteiger partial charge on any atom is 0.176 e. The van der Waals surface area contributed by atoms with E-state index in [2.05, 4.69) is 161 Å². The van der Waals surface area contributed by atoms with Crippen LogP contribution in [0.1, 0.15) is 38.9 Å². The summed E-state index contributed by atoms with van der Waals surface area (Å²) in [5.41, 5.74) is 12.0. The maximum absolute atomic E-state index is 15.4. The van der Waals surface area contributed by atoms with Crippen molar-refractivity contribution in [2.45, 2.75) is 17.9 Å². The number of anilines is 2. The molecule has 0 radical (unpaired) electrons. The summed E-state index contributed by atoms with van der Waals surface area (Å²) >= 11 is 0. The zero-order valence-electron chi connectivity index (χ0n) is 25.6. The second kappa shape index (κ2) is 10.0. The van der Waals surface area contributed by atoms with Crippen LogP contribution >= 0.6 is 0 Å². The van der Waals surface area contributed by atoms with Crippen molar-refractivity contribution in [3.05, 3.63) is 186 Å². The highest BCUT2D eigenvalue weighted by atomic mass is 16.1. The Hall–Kier alpha value is -5.93. The molecule has 0 amide bonds. The summed E-state index contributed by atoms with van der Waals surface area (Å²) in [6.07, 6.45) is 8.95. The number of hydrogen-bond donors (Lipinski definition) is 0. The molecule has 222 valence electrons. The van der Waals surface area contributed by atoms with Crippen LogP contribution in [0.15, 0.2) is 164 Å². The van der Waals surface area contributed by atoms with E-state index in [1.165, 1.54) is 11.3 Å². The highest BCUT2D eigenvalue weighted by Crippen LogP contribution is 2.56. The highest BCUT2D eigenvalue weighted by Gasteiger charge is 2.45. The first-order valence-electron chi connectivity index (χ1n) is 16.4. The smallest absolute Gasteiger partial charge is 0.176 e. The van der Waals surface area contributed by atoms with Crippen molar-refractivity contribution in [2.24, 2.45) is 0 Å². The van der Waals surface area contributed by atoms with Gasteiger partial charge >= 0.3 is 0 Å². The van der Waals surface area contributed by atoms with Crippen LogP contribution in [0.2, 0.25) is 0 Å². The zero-order valence-corrected chi connectivity index (χ0v) is 25.6. The van der Waals surface area contributed by atoms with Gasteiger partial charge in [-0.1, -0.05) is 121 Å². The molecular weight excluding hydrogens is 572 g/mol. The molecule has 6 aromatic carbocycles. The fourth-order valence-electron chi connectivity index (χ4n) is 8.54. The Balaban J connectivity index is 1.31. The quantitative estimate of drug-likeness (QED) is 0.201. The number of benzene rings is 6. The van der Waals surface area contributed by atoms with Gasteiger partial charge in [0.15, 0.2) is 5.78 Å². The summed E-state index contributed by atoms with van der Waals surface area (Å²) in [5, 5.41) is 2.13. The summed E-state index contributed by atoms with van der Waals surface area (Å²) in [6, 6.07) is 49.2. The fourth-order valence-corrected chi connectivity index (χ4v) is 8.54. The Morgan fingerprint density at radius 2 is 1.19 bits per heavy atom. The Morgan fingerprint density at radius 3 is 1.98 bits per heavy atom. The van der Waals surface area contributed by atoms with E-state index in [1.54, 1.807) is 0 Å². The third-order valence-electron chi connectivity index (χ3n) is 10.4. The van der Waals surface area contributed by atoms with Crippen molar-refractivity contribution in [2.75, 3.05) is 4.90 Å². The van der Waals surface area contributed by atoms with Gasteiger partial charge in [-0.3, -0.25) is 4.79 Å². The van der Waals surface area contributed by atoms with E-state index in [0.29, 0.717) is 0 Å². The minimum absolute atomic E-state index is 0.134. The van der Waals surface area contributed by atoms with Crippen LogP contribution in [0.4, 0.5) is 11.4 Å². The molecule has 0 saturated heterocycles. The third kappa shape index (κ3) is 3.65. The van der Waals surface area contributed by atoms with Crippen LogP contribution in [0.5, 0.6) is 0 Å². The number of Topliss-reactive ketones (excluding diaryl/α,β-unsaturated/α-hetero) is 1. The van der Waals surface area contributed by atoms with E-state index in [9.17, 15) is 0 Å². The van der Waals surface area contributed by atoms with Crippen LogP contribution in [-0.4, -0.2) is 16.4 Å². The normalized spacial score (nSPS) is 19.1. The van der Waals surface area contributed by atoms with E-state index in [4.69, 9.17) is 0 Å². The van der Waals surface area contributed by atoms with Crippen molar-refractivity contribution in [1.82, 2.24) is 4.57 Å². The molecule has 3 nitrogen and oxygen atoms in total. The summed E-state index contributed by atoms with van der Waals surface area (Å²) in [5.74, 6) is -0.123. The topological polar surface area (TPSA) is 25.2 Å². The van der Waals surface area contributed by atoms with Gasteiger partial charge < -0.3 is 9.47 Å². The molecular formula is C44H30N2O. The lowest BCUT2D eigenvalue weighted by atomic mass is 9.70. The number of allylic oxidation sites excluding steroid dienone is 2. The SMILES string of the molecule is O=C1c2c(ccc3c2c2ccccc2n3-c2ccccc2)-c2ccc3c(c2C1c1ccccc1)C1C=CC=CC1N3c1ccccc1. The van der Waals surface area contributed by atoms with E-state index in [1.807, 2.05) is 12.1 Å². The minimum Gasteiger partial charge on any atom is -0.333 e. The molecule has 0 saturated carbocycles. The zero-order chi connectivity index (χ0) is 31.1. The number of ketones is 1. The van der Waals surface area contributed by atoms with Crippen molar-refractivity contribution in [3.63, 3.8) is 0 Å². The van der Waals surface area contributed by atoms with Crippen molar-refractivity contribution in [1.29, 1.82) is 0 Å². The van der Waals surface area contributed by atoms with Gasteiger partial charge in [0, 0.05) is 39.3 Å². The molecule has 3 aliphatic rings. The molecule has 7 aromatic rings. The summed E-state index contributed by atoms with van der Waals surface area (Å²) in [6.45, 7) is 0. The lowest BCUT2D eigenvalue weighted by Gasteiger charge is -2.31. The number of hydrogen-bond acceptors (Lipinski definition) is 2. The van der Waals surface area contributed by atoms with Gasteiger partial charge in [0.2, 0.25) is 0 Å². The van der Waals surface area contributed by atoms with Crippen LogP contribution in [0.3, 0.4) is 0 Å². The Kier molecular flexibility index (Phi) is 5.62. The number of carbonyl (C=O) groups is 1. The molecule has 10 rings (SSSR count). The lowest BCUT2D eigenvalue weighted by Crippen LogP contribution is -2.28. The van der Waals surface area contributed by atoms with Crippen LogP contribution < -0.4 is 4.90 Å². The summed E-state index contributed by atoms with van der Waals surface area (Å²) in [4.78, 5) is 17.9. The highest BCUT2D eigenvalue weighted by molar-refractivity contribution is 6.26. The first-order chi connectivity index (χ1) is 23.3. The molecule has 0 bridgehead atoms. The molecule has 1 aromatic heterocycles. The summed E-state index contributed by atoms with van der Waals surface area (Å²) < 4.78 is 2.30. The first kappa shape index (κ1) is 26.3. The van der Waals surface area contributed by atoms with Gasteiger partial charge in [-0.15, -0.1) is 0 Å². The van der Waals surface area contributed by atoms with Gasteiger partial charge in [-0.2, -0.15) is 0 Å². The van der Waals surface area contributed by atoms with Crippen molar-refractivity contribution >= 4 is 39.0 Å². The molecule has 2 heterocycles. The fraction of sp³-hybridized carbons (Fsp3) is 0.0682. The predicted octanol–water partition coefficient (Wildman–Crippen LogP) is 10.5. The predicted molar refractivity (Wildman–Crippen MR) is 192 cm³/mol. The molecule has 1 aliphatic heterocycles. The number of rotatable bonds is 3. The average Bonchev–Trinajstić information content (AvgIpc) is 3.66. The Labute approximate surface area is 273 Å². The first-order valence-corrected chi connectivity index (χ1v) is 16.4. The van der Waals surface area contributed by atoms with Crippen molar-refractivity contribution in [3.8, 4) is 16.8 Å². The van der Waals surface area contributed by atoms with Crippen molar-refractivity contribution < 1.29 is 4.79 Å². The summed E-state index contributed by atoms with van der Waals surface area (Å²) in [7, 11) is 0. The lowest BCUT2D eigenvalue weighted by molar-refractivity contribution is 0.0974. The number of nitrogens with zero attached hydrogens (tertiary/aromatic N) is 2. The van der Waals surface area contributed by atoms with Crippen LogP contribution in [0, 0.1) is 0 Å². The molecule has 3 heteroatoms. The molecule has 3 atom stereocenters. The van der Waals surface area contributed by atoms with E-state index in [0.717, 1.165) is 61.0 Å². The molecule has 47 heavy (non-hydrogen) atoms. The molecule has 0 fully saturated rings. The molecule has 0 spiro atoms. The molecule has 3 unspecified atom stereocenters. The monoisotopic (exact) mass is 602 g/mol. The number of carbonyl (C=O) groups excluding carboxylic acids is 1. The van der Waals surface area contributed by atoms with Gasteiger partial charge in [-0.25, -0.2) is 0 Å². The number of aromatic nitrogens is 1. The van der Waals surface area contributed by atoms with E-state index < -0.39 is 5.92 Å². The van der Waals surface area contributed by atoms with Gasteiger partial charge in [-0.05, 0) is 70.3 Å². The number of fused-ring (bicyclic) bond motifs is 11. The van der Waals surface area contributed by atoms with E-state index in [-0.39, 0.29) is 17.7 Å². The number of para-hydroxylation sites is 3. The van der Waals surface area contributed by atoms with E-state index >= 15 is 4.79 Å². The molecule has 0 N–H and O–H groups in total. The molecule has 2 aliphatic carbocycles. The third-order valence-corrected chi connectivity index (χ3v) is 10.4. The van der Waals surface area contributed by atoms with Gasteiger partial charge in [0.05, 0.1) is 23.0 Å².